The van der Waals surface area contributed by atoms with E-state index in [4.69, 9.17) is 28.9 Å². The minimum absolute atomic E-state index is 0.0298. The number of benzene rings is 2. The molecule has 0 spiro atoms. The van der Waals surface area contributed by atoms with E-state index in [2.05, 4.69) is 24.3 Å². The predicted octanol–water partition coefficient (Wildman–Crippen LogP) is 4.72. The lowest BCUT2D eigenvalue weighted by Crippen LogP contribution is -2.25. The lowest BCUT2D eigenvalue weighted by atomic mass is 9.77. The van der Waals surface area contributed by atoms with Crippen molar-refractivity contribution >= 4 is 23.2 Å². The van der Waals surface area contributed by atoms with Gasteiger partial charge < -0.3 is 5.73 Å². The van der Waals surface area contributed by atoms with E-state index in [1.54, 1.807) is 0 Å². The number of fused-ring (bicyclic) bond motifs is 1. The maximum atomic E-state index is 6.43. The normalized spacial score (nSPS) is 22.1. The smallest absolute Gasteiger partial charge is 0.0595 e. The zero-order chi connectivity index (χ0) is 13.4. The largest absolute Gasteiger partial charge is 0.323 e. The Hall–Kier alpha value is -1.02. The second-order valence-electron chi connectivity index (χ2n) is 5.04. The summed E-state index contributed by atoms with van der Waals surface area (Å²) < 4.78 is 0. The van der Waals surface area contributed by atoms with E-state index in [1.165, 1.54) is 16.7 Å². The predicted molar refractivity (Wildman–Crippen MR) is 80.9 cm³/mol. The Morgan fingerprint density at radius 3 is 2.58 bits per heavy atom. The molecule has 0 fully saturated rings. The molecule has 1 nitrogen and oxygen atoms in total. The number of halogens is 2. The molecule has 3 rings (SSSR count). The van der Waals surface area contributed by atoms with E-state index >= 15 is 0 Å². The van der Waals surface area contributed by atoms with Crippen LogP contribution in [0.4, 0.5) is 0 Å². The third kappa shape index (κ3) is 2.38. The molecule has 0 aliphatic heterocycles. The molecule has 2 unspecified atom stereocenters. The van der Waals surface area contributed by atoms with Crippen LogP contribution in [-0.2, 0) is 6.42 Å². The van der Waals surface area contributed by atoms with E-state index in [0.29, 0.717) is 16.0 Å². The molecule has 2 aromatic carbocycles. The van der Waals surface area contributed by atoms with Crippen LogP contribution in [0.1, 0.15) is 35.1 Å². The van der Waals surface area contributed by atoms with Gasteiger partial charge in [0.15, 0.2) is 0 Å². The lowest BCUT2D eigenvalue weighted by Gasteiger charge is -2.31. The standard InChI is InChI=1S/C16H15Cl2N/c17-14-8-6-11(9-15(14)18)13-7-5-10-3-1-2-4-12(10)16(13)19/h1-4,6,8-9,13,16H,5,7,19H2. The van der Waals surface area contributed by atoms with Crippen molar-refractivity contribution in [3.63, 3.8) is 0 Å². The average Bonchev–Trinajstić information content (AvgIpc) is 2.43. The summed E-state index contributed by atoms with van der Waals surface area (Å²) in [4.78, 5) is 0. The van der Waals surface area contributed by atoms with Crippen molar-refractivity contribution in [2.24, 2.45) is 5.73 Å². The van der Waals surface area contributed by atoms with Gasteiger partial charge >= 0.3 is 0 Å². The molecular formula is C16H15Cl2N. The zero-order valence-electron chi connectivity index (χ0n) is 10.4. The van der Waals surface area contributed by atoms with Crippen molar-refractivity contribution in [1.82, 2.24) is 0 Å². The fourth-order valence-corrected chi connectivity index (χ4v) is 3.22. The van der Waals surface area contributed by atoms with Crippen LogP contribution in [0.25, 0.3) is 0 Å². The molecule has 0 amide bonds. The van der Waals surface area contributed by atoms with Crippen molar-refractivity contribution in [2.45, 2.75) is 24.8 Å². The molecule has 0 aromatic heterocycles. The summed E-state index contributed by atoms with van der Waals surface area (Å²) in [5, 5.41) is 1.19. The van der Waals surface area contributed by atoms with E-state index < -0.39 is 0 Å². The second kappa shape index (κ2) is 5.16. The zero-order valence-corrected chi connectivity index (χ0v) is 12.0. The summed E-state index contributed by atoms with van der Waals surface area (Å²) in [5.74, 6) is 0.310. The summed E-state index contributed by atoms with van der Waals surface area (Å²) in [6.07, 6.45) is 2.12. The lowest BCUT2D eigenvalue weighted by molar-refractivity contribution is 0.486. The number of nitrogens with two attached hydrogens (primary N) is 1. The topological polar surface area (TPSA) is 26.0 Å². The highest BCUT2D eigenvalue weighted by atomic mass is 35.5. The van der Waals surface area contributed by atoms with Gasteiger partial charge in [-0.05, 0) is 41.7 Å². The quantitative estimate of drug-likeness (QED) is 0.808. The van der Waals surface area contributed by atoms with Crippen LogP contribution in [0, 0.1) is 0 Å². The van der Waals surface area contributed by atoms with Crippen LogP contribution in [0.2, 0.25) is 10.0 Å². The molecule has 2 atom stereocenters. The molecular weight excluding hydrogens is 277 g/mol. The van der Waals surface area contributed by atoms with Gasteiger partial charge in [0.1, 0.15) is 0 Å². The highest BCUT2D eigenvalue weighted by molar-refractivity contribution is 6.42. The van der Waals surface area contributed by atoms with Gasteiger partial charge in [0, 0.05) is 12.0 Å². The summed E-state index contributed by atoms with van der Waals surface area (Å²) >= 11 is 12.1. The van der Waals surface area contributed by atoms with E-state index in [1.807, 2.05) is 18.2 Å². The fourth-order valence-electron chi connectivity index (χ4n) is 2.91. The van der Waals surface area contributed by atoms with Crippen molar-refractivity contribution in [3.8, 4) is 0 Å². The van der Waals surface area contributed by atoms with Crippen molar-refractivity contribution in [2.75, 3.05) is 0 Å². The third-order valence-corrected chi connectivity index (χ3v) is 4.68. The third-order valence-electron chi connectivity index (χ3n) is 3.94. The average molecular weight is 292 g/mol. The minimum Gasteiger partial charge on any atom is -0.323 e. The van der Waals surface area contributed by atoms with Gasteiger partial charge in [-0.15, -0.1) is 0 Å². The van der Waals surface area contributed by atoms with Gasteiger partial charge in [0.05, 0.1) is 10.0 Å². The first-order valence-electron chi connectivity index (χ1n) is 6.45. The summed E-state index contributed by atoms with van der Waals surface area (Å²) in [6, 6.07) is 14.3. The Kier molecular flexibility index (Phi) is 3.53. The Bertz CT molecular complexity index is 609. The van der Waals surface area contributed by atoms with Gasteiger partial charge in [0.2, 0.25) is 0 Å². The maximum absolute atomic E-state index is 6.43. The fraction of sp³-hybridized carbons (Fsp3) is 0.250. The van der Waals surface area contributed by atoms with E-state index in [9.17, 15) is 0 Å². The van der Waals surface area contributed by atoms with Gasteiger partial charge in [-0.25, -0.2) is 0 Å². The molecule has 98 valence electrons. The highest BCUT2D eigenvalue weighted by Gasteiger charge is 2.27. The molecule has 3 heteroatoms. The summed E-state index contributed by atoms with van der Waals surface area (Å²) in [7, 11) is 0. The number of aryl methyl sites for hydroxylation is 1. The van der Waals surface area contributed by atoms with Crippen LogP contribution in [0.5, 0.6) is 0 Å². The Morgan fingerprint density at radius 1 is 1.00 bits per heavy atom. The molecule has 1 aliphatic carbocycles. The molecule has 0 heterocycles. The van der Waals surface area contributed by atoms with Crippen LogP contribution < -0.4 is 5.73 Å². The molecule has 0 bridgehead atoms. The van der Waals surface area contributed by atoms with Gasteiger partial charge in [-0.3, -0.25) is 0 Å². The van der Waals surface area contributed by atoms with Crippen LogP contribution in [-0.4, -0.2) is 0 Å². The SMILES string of the molecule is NC1c2ccccc2CCC1c1ccc(Cl)c(Cl)c1. The Balaban J connectivity index is 1.97. The van der Waals surface area contributed by atoms with Crippen LogP contribution in [0.3, 0.4) is 0 Å². The molecule has 1 aliphatic rings. The van der Waals surface area contributed by atoms with Crippen molar-refractivity contribution in [1.29, 1.82) is 0 Å². The van der Waals surface area contributed by atoms with E-state index in [-0.39, 0.29) is 6.04 Å². The number of rotatable bonds is 1. The summed E-state index contributed by atoms with van der Waals surface area (Å²) in [5.41, 5.74) is 10.2. The first kappa shape index (κ1) is 13.0. The highest BCUT2D eigenvalue weighted by Crippen LogP contribution is 2.40. The second-order valence-corrected chi connectivity index (χ2v) is 5.86. The molecule has 2 N–H and O–H groups in total. The maximum Gasteiger partial charge on any atom is 0.0595 e. The van der Waals surface area contributed by atoms with E-state index in [0.717, 1.165) is 12.8 Å². The Morgan fingerprint density at radius 2 is 1.79 bits per heavy atom. The molecule has 0 saturated heterocycles. The van der Waals surface area contributed by atoms with Gasteiger partial charge in [-0.2, -0.15) is 0 Å². The molecule has 2 aromatic rings. The molecule has 19 heavy (non-hydrogen) atoms. The first-order chi connectivity index (χ1) is 9.16. The van der Waals surface area contributed by atoms with Gasteiger partial charge in [0.25, 0.3) is 0 Å². The summed E-state index contributed by atoms with van der Waals surface area (Å²) in [6.45, 7) is 0. The number of hydrogen-bond donors (Lipinski definition) is 1. The van der Waals surface area contributed by atoms with Crippen molar-refractivity contribution in [3.05, 3.63) is 69.2 Å². The van der Waals surface area contributed by atoms with Crippen LogP contribution >= 0.6 is 23.2 Å². The van der Waals surface area contributed by atoms with Gasteiger partial charge in [-0.1, -0.05) is 53.5 Å². The monoisotopic (exact) mass is 291 g/mol. The minimum atomic E-state index is 0.0298. The first-order valence-corrected chi connectivity index (χ1v) is 7.21. The molecule has 0 saturated carbocycles. The molecule has 0 radical (unpaired) electrons. The number of hydrogen-bond acceptors (Lipinski definition) is 1. The Labute approximate surface area is 123 Å². The van der Waals surface area contributed by atoms with Crippen LogP contribution in [0.15, 0.2) is 42.5 Å². The van der Waals surface area contributed by atoms with Crippen molar-refractivity contribution < 1.29 is 0 Å².